The molecule has 4 heterocycles. The largest absolute Gasteiger partial charge is 0.465 e. The average molecular weight is 507 g/mol. The fraction of sp³-hybridized carbons (Fsp3) is 0.292. The van der Waals surface area contributed by atoms with Crippen molar-refractivity contribution in [1.29, 1.82) is 5.26 Å². The lowest BCUT2D eigenvalue weighted by molar-refractivity contribution is 0.142. The van der Waals surface area contributed by atoms with Gasteiger partial charge in [-0.1, -0.05) is 18.3 Å². The second-order valence-corrected chi connectivity index (χ2v) is 9.28. The molecule has 1 aliphatic heterocycles. The van der Waals surface area contributed by atoms with Gasteiger partial charge in [-0.2, -0.15) is 9.78 Å². The van der Waals surface area contributed by atoms with E-state index < -0.39 is 6.09 Å². The van der Waals surface area contributed by atoms with Gasteiger partial charge in [-0.25, -0.2) is 19.2 Å². The summed E-state index contributed by atoms with van der Waals surface area (Å²) in [6, 6.07) is 11.9. The number of piperazine rings is 1. The van der Waals surface area contributed by atoms with Crippen molar-refractivity contribution in [2.45, 2.75) is 13.3 Å². The van der Waals surface area contributed by atoms with Crippen LogP contribution in [0.1, 0.15) is 17.5 Å². The van der Waals surface area contributed by atoms with Crippen molar-refractivity contribution in [3.63, 3.8) is 0 Å². The number of fused-ring (bicyclic) bond motifs is 1. The zero-order valence-electron chi connectivity index (χ0n) is 19.7. The number of imidazole rings is 1. The molecule has 184 valence electrons. The van der Waals surface area contributed by atoms with Crippen molar-refractivity contribution < 1.29 is 14.3 Å². The van der Waals surface area contributed by atoms with Crippen LogP contribution in [-0.2, 0) is 6.42 Å². The lowest BCUT2D eigenvalue weighted by Crippen LogP contribution is -2.48. The monoisotopic (exact) mass is 506 g/mol. The van der Waals surface area contributed by atoms with Gasteiger partial charge in [0.2, 0.25) is 0 Å². The van der Waals surface area contributed by atoms with Gasteiger partial charge in [0.05, 0.1) is 5.69 Å². The zero-order chi connectivity index (χ0) is 25.4. The van der Waals surface area contributed by atoms with Gasteiger partial charge in [-0.05, 0) is 42.8 Å². The molecule has 4 aromatic rings. The Hall–Kier alpha value is -4.24. The molecule has 3 aromatic heterocycles. The maximum Gasteiger partial charge on any atom is 0.407 e. The molecular weight excluding hydrogens is 483 g/mol. The van der Waals surface area contributed by atoms with Gasteiger partial charge in [0.1, 0.15) is 28.3 Å². The third-order valence-corrected chi connectivity index (χ3v) is 7.19. The summed E-state index contributed by atoms with van der Waals surface area (Å²) in [6.45, 7) is 3.93. The number of aromatic nitrogens is 4. The number of anilines is 3. The molecular formula is C24H23FN8O2S. The lowest BCUT2D eigenvalue weighted by atomic mass is 10.1. The van der Waals surface area contributed by atoms with Crippen LogP contribution in [0.15, 0.2) is 36.4 Å². The molecule has 1 saturated heterocycles. The van der Waals surface area contributed by atoms with Crippen molar-refractivity contribution >= 4 is 39.8 Å². The van der Waals surface area contributed by atoms with E-state index in [2.05, 4.69) is 11.0 Å². The summed E-state index contributed by atoms with van der Waals surface area (Å²) in [5.74, 6) is 1.11. The first-order valence-electron chi connectivity index (χ1n) is 11.4. The molecule has 1 amide bonds. The van der Waals surface area contributed by atoms with E-state index in [-0.39, 0.29) is 5.82 Å². The van der Waals surface area contributed by atoms with E-state index in [1.165, 1.54) is 28.4 Å². The number of hydrogen-bond donors (Lipinski definition) is 1. The summed E-state index contributed by atoms with van der Waals surface area (Å²) < 4.78 is 15.2. The first kappa shape index (κ1) is 23.5. The Morgan fingerprint density at radius 2 is 1.89 bits per heavy atom. The summed E-state index contributed by atoms with van der Waals surface area (Å²) >= 11 is 1.25. The molecule has 1 aliphatic rings. The Morgan fingerprint density at radius 1 is 1.17 bits per heavy atom. The normalized spacial score (nSPS) is 13.7. The van der Waals surface area contributed by atoms with E-state index in [9.17, 15) is 19.6 Å². The molecule has 12 heteroatoms. The van der Waals surface area contributed by atoms with Gasteiger partial charge in [0.15, 0.2) is 16.6 Å². The topological polar surface area (TPSA) is 114 Å². The van der Waals surface area contributed by atoms with Crippen LogP contribution in [0.3, 0.4) is 0 Å². The van der Waals surface area contributed by atoms with Crippen LogP contribution in [0.4, 0.5) is 26.0 Å². The Bertz CT molecular complexity index is 1470. The maximum absolute atomic E-state index is 13.4. The number of carbonyl (C=O) groups is 1. The number of nitriles is 1. The molecule has 0 saturated carbocycles. The van der Waals surface area contributed by atoms with E-state index in [1.807, 2.05) is 31.0 Å². The van der Waals surface area contributed by atoms with Crippen LogP contribution in [0, 0.1) is 17.1 Å². The highest BCUT2D eigenvalue weighted by Crippen LogP contribution is 2.36. The van der Waals surface area contributed by atoms with Crippen LogP contribution in [0.2, 0.25) is 0 Å². The van der Waals surface area contributed by atoms with E-state index in [0.29, 0.717) is 59.5 Å². The average Bonchev–Trinajstić information content (AvgIpc) is 3.50. The molecule has 36 heavy (non-hydrogen) atoms. The van der Waals surface area contributed by atoms with Crippen molar-refractivity contribution in [3.8, 4) is 17.3 Å². The number of carboxylic acid groups (broad SMARTS) is 1. The molecule has 1 fully saturated rings. The van der Waals surface area contributed by atoms with Gasteiger partial charge in [0.25, 0.3) is 0 Å². The summed E-state index contributed by atoms with van der Waals surface area (Å²) in [6.07, 6.45) is -0.249. The third kappa shape index (κ3) is 4.18. The van der Waals surface area contributed by atoms with Gasteiger partial charge in [0, 0.05) is 38.8 Å². The summed E-state index contributed by atoms with van der Waals surface area (Å²) in [7, 11) is 1.86. The van der Waals surface area contributed by atoms with E-state index >= 15 is 0 Å². The standard InChI is InChI=1S/C24H23FN8O2S/c1-3-17-22(30(2)23-28-21(18(14-26)36-23)15-4-6-16(25)7-5-15)33-19(27-17)8-9-20(29-33)31-10-12-32(13-11-31)24(34)35/h4-9H,3,10-13H2,1-2H3,(H,34,35). The molecule has 1 aromatic carbocycles. The molecule has 10 nitrogen and oxygen atoms in total. The summed E-state index contributed by atoms with van der Waals surface area (Å²) in [4.78, 5) is 26.5. The fourth-order valence-electron chi connectivity index (χ4n) is 4.25. The van der Waals surface area contributed by atoms with Crippen molar-refractivity contribution in [1.82, 2.24) is 24.5 Å². The predicted molar refractivity (Wildman–Crippen MR) is 134 cm³/mol. The first-order valence-corrected chi connectivity index (χ1v) is 12.2. The van der Waals surface area contributed by atoms with Gasteiger partial charge in [-0.3, -0.25) is 0 Å². The minimum atomic E-state index is -0.913. The highest BCUT2D eigenvalue weighted by Gasteiger charge is 2.25. The molecule has 0 unspecified atom stereocenters. The third-order valence-electron chi connectivity index (χ3n) is 6.16. The van der Waals surface area contributed by atoms with Crippen molar-refractivity contribution in [2.24, 2.45) is 0 Å². The first-order chi connectivity index (χ1) is 17.4. The fourth-order valence-corrected chi connectivity index (χ4v) is 5.10. The molecule has 0 spiro atoms. The highest BCUT2D eigenvalue weighted by atomic mass is 32.1. The SMILES string of the molecule is CCc1nc2ccc(N3CCN(C(=O)O)CC3)nn2c1N(C)c1nc(-c2ccc(F)cc2)c(C#N)s1. The molecule has 1 N–H and O–H groups in total. The number of aryl methyl sites for hydroxylation is 1. The van der Waals surface area contributed by atoms with Crippen LogP contribution in [-0.4, -0.2) is 68.9 Å². The number of thiazole rings is 1. The zero-order valence-corrected chi connectivity index (χ0v) is 20.5. The van der Waals surface area contributed by atoms with E-state index in [4.69, 9.17) is 15.1 Å². The van der Waals surface area contributed by atoms with Gasteiger partial charge < -0.3 is 19.8 Å². The Kier molecular flexibility index (Phi) is 6.15. The van der Waals surface area contributed by atoms with E-state index in [0.717, 1.165) is 17.3 Å². The van der Waals surface area contributed by atoms with Gasteiger partial charge in [-0.15, -0.1) is 5.10 Å². The van der Waals surface area contributed by atoms with Crippen LogP contribution in [0.5, 0.6) is 0 Å². The molecule has 0 radical (unpaired) electrons. The minimum Gasteiger partial charge on any atom is -0.465 e. The van der Waals surface area contributed by atoms with Crippen LogP contribution >= 0.6 is 11.3 Å². The van der Waals surface area contributed by atoms with E-state index in [1.54, 1.807) is 16.6 Å². The number of amides is 1. The predicted octanol–water partition coefficient (Wildman–Crippen LogP) is 3.99. The van der Waals surface area contributed by atoms with Crippen LogP contribution in [0.25, 0.3) is 16.9 Å². The van der Waals surface area contributed by atoms with Gasteiger partial charge >= 0.3 is 6.09 Å². The molecule has 0 bridgehead atoms. The van der Waals surface area contributed by atoms with Crippen molar-refractivity contribution in [2.75, 3.05) is 43.0 Å². The smallest absolute Gasteiger partial charge is 0.407 e. The molecule has 5 rings (SSSR count). The Labute approximate surface area is 210 Å². The highest BCUT2D eigenvalue weighted by molar-refractivity contribution is 7.16. The molecule has 0 aliphatic carbocycles. The quantitative estimate of drug-likeness (QED) is 0.432. The second-order valence-electron chi connectivity index (χ2n) is 8.31. The number of hydrogen-bond acceptors (Lipinski definition) is 8. The molecule has 0 atom stereocenters. The lowest BCUT2D eigenvalue weighted by Gasteiger charge is -2.33. The number of halogens is 1. The van der Waals surface area contributed by atoms with Crippen LogP contribution < -0.4 is 9.80 Å². The number of rotatable bonds is 5. The maximum atomic E-state index is 13.4. The summed E-state index contributed by atoms with van der Waals surface area (Å²) in [5, 5.41) is 24.4. The Morgan fingerprint density at radius 3 is 2.53 bits per heavy atom. The summed E-state index contributed by atoms with van der Waals surface area (Å²) in [5.41, 5.74) is 2.67. The van der Waals surface area contributed by atoms with Crippen molar-refractivity contribution in [3.05, 3.63) is 52.8 Å². The Balaban J connectivity index is 1.52. The second kappa shape index (κ2) is 9.43. The minimum absolute atomic E-state index is 0.352. The number of benzene rings is 1. The number of nitrogens with zero attached hydrogens (tertiary/aromatic N) is 8.